The summed E-state index contributed by atoms with van der Waals surface area (Å²) in [6, 6.07) is 3.05. The molecule has 2 aromatic heterocycles. The molecule has 0 aliphatic carbocycles. The fourth-order valence-electron chi connectivity index (χ4n) is 2.42. The van der Waals surface area contributed by atoms with Gasteiger partial charge in [-0.05, 0) is 12.1 Å². The molecule has 0 bridgehead atoms. The van der Waals surface area contributed by atoms with Gasteiger partial charge in [-0.3, -0.25) is 4.79 Å². The molecule has 1 aliphatic heterocycles. The Morgan fingerprint density at radius 3 is 2.72 bits per heavy atom. The predicted octanol–water partition coefficient (Wildman–Crippen LogP) is 0.407. The molecule has 3 rings (SSSR count). The maximum absolute atomic E-state index is 11.5. The zero-order valence-electron chi connectivity index (χ0n) is 13.2. The van der Waals surface area contributed by atoms with Crippen LogP contribution in [0.25, 0.3) is 11.2 Å². The summed E-state index contributed by atoms with van der Waals surface area (Å²) in [5.74, 6) is -0.122. The van der Waals surface area contributed by atoms with Crippen LogP contribution in [0.3, 0.4) is 0 Å². The van der Waals surface area contributed by atoms with Crippen LogP contribution in [0.2, 0.25) is 5.15 Å². The van der Waals surface area contributed by atoms with Crippen molar-refractivity contribution < 1.29 is 19.8 Å². The van der Waals surface area contributed by atoms with Crippen LogP contribution in [-0.4, -0.2) is 74.9 Å². The average molecular weight is 367 g/mol. The van der Waals surface area contributed by atoms with Crippen LogP contribution >= 0.6 is 11.6 Å². The van der Waals surface area contributed by atoms with Gasteiger partial charge < -0.3 is 25.3 Å². The maximum Gasteiger partial charge on any atom is 0.407 e. The van der Waals surface area contributed by atoms with E-state index >= 15 is 0 Å². The number of aliphatic hydroxyl groups is 1. The van der Waals surface area contributed by atoms with Gasteiger partial charge >= 0.3 is 6.09 Å². The largest absolute Gasteiger partial charge is 0.465 e. The number of halogens is 1. The molecule has 0 saturated carbocycles. The summed E-state index contributed by atoms with van der Waals surface area (Å²) in [6.07, 6.45) is -1.01. The first-order chi connectivity index (χ1) is 11.9. The molecule has 0 atom stereocenters. The molecule has 0 unspecified atom stereocenters. The van der Waals surface area contributed by atoms with Crippen LogP contribution in [0, 0.1) is 0 Å². The van der Waals surface area contributed by atoms with Gasteiger partial charge in [-0.2, -0.15) is 0 Å². The molecule has 132 valence electrons. The molecule has 0 spiro atoms. The number of amides is 2. The number of pyridine rings is 1. The van der Waals surface area contributed by atoms with E-state index in [2.05, 4.69) is 20.3 Å². The van der Waals surface area contributed by atoms with Gasteiger partial charge in [0, 0.05) is 20.1 Å². The highest BCUT2D eigenvalue weighted by atomic mass is 35.5. The predicted molar refractivity (Wildman–Crippen MR) is 89.8 cm³/mol. The number of fused-ring (bicyclic) bond motifs is 1. The van der Waals surface area contributed by atoms with Crippen molar-refractivity contribution in [3.8, 4) is 0 Å². The molecule has 3 N–H and O–H groups in total. The number of anilines is 2. The average Bonchev–Trinajstić information content (AvgIpc) is 2.53. The summed E-state index contributed by atoms with van der Waals surface area (Å²) < 4.78 is 0. The van der Waals surface area contributed by atoms with Gasteiger partial charge in [0.1, 0.15) is 17.3 Å². The van der Waals surface area contributed by atoms with Crippen LogP contribution in [0.4, 0.5) is 16.4 Å². The Labute approximate surface area is 147 Å². The lowest BCUT2D eigenvalue weighted by atomic mass is 10.1. The Kier molecular flexibility index (Phi) is 4.55. The van der Waals surface area contributed by atoms with Crippen molar-refractivity contribution in [1.29, 1.82) is 0 Å². The number of aromatic nitrogens is 3. The lowest BCUT2D eigenvalue weighted by Crippen LogP contribution is -2.60. The van der Waals surface area contributed by atoms with Gasteiger partial charge in [0.25, 0.3) is 5.91 Å². The van der Waals surface area contributed by atoms with Gasteiger partial charge in [0.15, 0.2) is 17.3 Å². The van der Waals surface area contributed by atoms with E-state index in [-0.39, 0.29) is 22.7 Å². The minimum atomic E-state index is -1.01. The normalized spacial score (nSPS) is 14.3. The molecule has 0 aromatic carbocycles. The number of nitrogens with one attached hydrogen (secondary N) is 1. The van der Waals surface area contributed by atoms with Gasteiger partial charge in [-0.1, -0.05) is 11.6 Å². The summed E-state index contributed by atoms with van der Waals surface area (Å²) in [7, 11) is 1.50. The van der Waals surface area contributed by atoms with Crippen LogP contribution in [0.15, 0.2) is 12.1 Å². The summed E-state index contributed by atoms with van der Waals surface area (Å²) in [6.45, 7) is 0.116. The van der Waals surface area contributed by atoms with E-state index in [0.29, 0.717) is 24.4 Å². The van der Waals surface area contributed by atoms with E-state index in [9.17, 15) is 9.59 Å². The molecule has 3 heterocycles. The highest BCUT2D eigenvalue weighted by Gasteiger charge is 2.35. The highest BCUT2D eigenvalue weighted by molar-refractivity contribution is 6.29. The summed E-state index contributed by atoms with van der Waals surface area (Å²) >= 11 is 5.85. The Morgan fingerprint density at radius 2 is 2.08 bits per heavy atom. The first-order valence-corrected chi connectivity index (χ1v) is 7.72. The van der Waals surface area contributed by atoms with Crippen LogP contribution < -0.4 is 10.2 Å². The number of aliphatic hydroxyl groups excluding tert-OH is 1. The molecule has 1 fully saturated rings. The number of likely N-dealkylation sites (N-methyl/N-ethyl adjacent to an activating group) is 1. The van der Waals surface area contributed by atoms with Crippen molar-refractivity contribution >= 4 is 46.4 Å². The zero-order valence-corrected chi connectivity index (χ0v) is 13.9. The molecule has 11 heteroatoms. The fraction of sp³-hybridized carbons (Fsp3) is 0.357. The van der Waals surface area contributed by atoms with Gasteiger partial charge in [-0.15, -0.1) is 0 Å². The second-order valence-corrected chi connectivity index (χ2v) is 5.92. The quantitative estimate of drug-likeness (QED) is 0.663. The van der Waals surface area contributed by atoms with Gasteiger partial charge in [0.2, 0.25) is 0 Å². The number of carboxylic acid groups (broad SMARTS) is 1. The van der Waals surface area contributed by atoms with Crippen molar-refractivity contribution in [3.63, 3.8) is 0 Å². The lowest BCUT2D eigenvalue weighted by Gasteiger charge is -2.43. The SMILES string of the molecule is CN(C(=O)O)C1CN(c2nc3ccc(Cl)nc3nc2NC(=O)CO)C1. The van der Waals surface area contributed by atoms with Gasteiger partial charge in [0.05, 0.1) is 6.04 Å². The topological polar surface area (TPSA) is 132 Å². The third kappa shape index (κ3) is 3.39. The summed E-state index contributed by atoms with van der Waals surface area (Å²) in [5, 5.41) is 20.7. The monoisotopic (exact) mass is 366 g/mol. The molecule has 1 saturated heterocycles. The lowest BCUT2D eigenvalue weighted by molar-refractivity contribution is -0.118. The smallest absolute Gasteiger partial charge is 0.407 e. The van der Waals surface area contributed by atoms with Crippen LogP contribution in [0.5, 0.6) is 0 Å². The van der Waals surface area contributed by atoms with Crippen molar-refractivity contribution in [2.45, 2.75) is 6.04 Å². The van der Waals surface area contributed by atoms with E-state index in [1.807, 2.05) is 0 Å². The number of hydrogen-bond acceptors (Lipinski definition) is 7. The zero-order chi connectivity index (χ0) is 18.1. The van der Waals surface area contributed by atoms with Crippen molar-refractivity contribution in [3.05, 3.63) is 17.3 Å². The Morgan fingerprint density at radius 1 is 1.36 bits per heavy atom. The van der Waals surface area contributed by atoms with E-state index in [1.54, 1.807) is 17.0 Å². The number of rotatable bonds is 4. The number of carbonyl (C=O) groups is 2. The number of hydrogen-bond donors (Lipinski definition) is 3. The molecule has 1 aliphatic rings. The highest BCUT2D eigenvalue weighted by Crippen LogP contribution is 2.29. The van der Waals surface area contributed by atoms with Gasteiger partial charge in [-0.25, -0.2) is 19.7 Å². The minimum Gasteiger partial charge on any atom is -0.465 e. The second kappa shape index (κ2) is 6.65. The Hall–Kier alpha value is -2.72. The van der Waals surface area contributed by atoms with Crippen LogP contribution in [0.1, 0.15) is 0 Å². The van der Waals surface area contributed by atoms with Crippen molar-refractivity contribution in [2.24, 2.45) is 0 Å². The summed E-state index contributed by atoms with van der Waals surface area (Å²) in [5.41, 5.74) is 0.737. The molecular weight excluding hydrogens is 352 g/mol. The number of nitrogens with zero attached hydrogens (tertiary/aromatic N) is 5. The van der Waals surface area contributed by atoms with E-state index in [0.717, 1.165) is 0 Å². The third-order valence-corrected chi connectivity index (χ3v) is 4.10. The first-order valence-electron chi connectivity index (χ1n) is 7.34. The fourth-order valence-corrected chi connectivity index (χ4v) is 2.56. The van der Waals surface area contributed by atoms with Crippen molar-refractivity contribution in [1.82, 2.24) is 19.9 Å². The van der Waals surface area contributed by atoms with E-state index in [1.165, 1.54) is 11.9 Å². The first kappa shape index (κ1) is 17.1. The molecule has 0 radical (unpaired) electrons. The standard InChI is InChI=1S/C14H15ClN6O4/c1-20(14(24)25)7-4-21(5-7)13-12(18-10(23)6-22)19-11-8(16-13)2-3-9(15)17-11/h2-3,7,22H,4-6H2,1H3,(H,24,25)(H,17,18,19,23). The molecule has 2 aromatic rings. The minimum absolute atomic E-state index is 0.137. The van der Waals surface area contributed by atoms with Crippen LogP contribution in [-0.2, 0) is 4.79 Å². The van der Waals surface area contributed by atoms with E-state index in [4.69, 9.17) is 21.8 Å². The summed E-state index contributed by atoms with van der Waals surface area (Å²) in [4.78, 5) is 38.3. The molecule has 10 nitrogen and oxygen atoms in total. The second-order valence-electron chi connectivity index (χ2n) is 5.53. The Bertz CT molecular complexity index is 841. The maximum atomic E-state index is 11.5. The third-order valence-electron chi connectivity index (χ3n) is 3.89. The molecule has 25 heavy (non-hydrogen) atoms. The number of carbonyl (C=O) groups excluding carboxylic acids is 1. The molecule has 2 amide bonds. The Balaban J connectivity index is 1.93. The van der Waals surface area contributed by atoms with E-state index < -0.39 is 18.6 Å². The van der Waals surface area contributed by atoms with Crippen molar-refractivity contribution in [2.75, 3.05) is 37.0 Å². The molecular formula is C14H15ClN6O4.